The summed E-state index contributed by atoms with van der Waals surface area (Å²) in [6.45, 7) is 3.43. The molecule has 16 nitrogen and oxygen atoms in total. The molecule has 4 aromatic carbocycles. The van der Waals surface area contributed by atoms with Gasteiger partial charge < -0.3 is 65.8 Å². The molecule has 0 aromatic heterocycles. The lowest BCUT2D eigenvalue weighted by molar-refractivity contribution is -0.941. The number of hydrogen-bond donors (Lipinski definition) is 0. The molecule has 0 fully saturated rings. The quantitative estimate of drug-likeness (QED) is 0.0296. The smallest absolute Gasteiger partial charge is 0.331 e. The highest BCUT2D eigenvalue weighted by atomic mass is 16.6. The van der Waals surface area contributed by atoms with E-state index < -0.39 is 11.9 Å². The number of fused-ring (bicyclic) bond motifs is 2. The number of rotatable bonds is 24. The topological polar surface area (TPSA) is 145 Å². The van der Waals surface area contributed by atoms with Gasteiger partial charge >= 0.3 is 11.9 Å². The maximum Gasteiger partial charge on any atom is 0.331 e. The van der Waals surface area contributed by atoms with Crippen LogP contribution in [0.1, 0.15) is 58.3 Å². The summed E-state index contributed by atoms with van der Waals surface area (Å²) in [5, 5.41) is 0. The molecule has 4 unspecified atom stereocenters. The van der Waals surface area contributed by atoms with Crippen molar-refractivity contribution >= 4 is 11.9 Å². The molecule has 0 N–H and O–H groups in total. The number of esters is 2. The lowest BCUT2D eigenvalue weighted by atomic mass is 9.85. The normalized spacial score (nSPS) is 19.3. The van der Waals surface area contributed by atoms with E-state index in [1.807, 2.05) is 30.3 Å². The van der Waals surface area contributed by atoms with Crippen LogP contribution < -0.4 is 47.4 Å². The van der Waals surface area contributed by atoms with E-state index in [-0.39, 0.29) is 25.3 Å². The number of carbonyl (C=O) groups is 2. The first-order valence-corrected chi connectivity index (χ1v) is 23.5. The lowest BCUT2D eigenvalue weighted by Crippen LogP contribution is -2.52. The van der Waals surface area contributed by atoms with Crippen molar-refractivity contribution in [2.75, 3.05) is 125 Å². The fraction of sp³-hybridized carbons (Fsp3) is 0.481. The molecule has 2 aliphatic heterocycles. The number of nitrogens with zero attached hydrogens (tertiary/aromatic N) is 2. The molecule has 0 radical (unpaired) electrons. The number of hydrogen-bond acceptors (Lipinski definition) is 14. The van der Waals surface area contributed by atoms with Gasteiger partial charge in [-0.05, 0) is 64.7 Å². The van der Waals surface area contributed by atoms with Crippen LogP contribution in [0.3, 0.4) is 0 Å². The first-order valence-electron chi connectivity index (χ1n) is 23.5. The summed E-state index contributed by atoms with van der Waals surface area (Å²) >= 11 is 0. The average molecular weight is 973 g/mol. The first-order chi connectivity index (χ1) is 33.8. The maximum atomic E-state index is 12.9. The molecule has 16 heteroatoms. The van der Waals surface area contributed by atoms with Gasteiger partial charge in [-0.25, -0.2) is 9.59 Å². The van der Waals surface area contributed by atoms with Gasteiger partial charge in [0.1, 0.15) is 12.1 Å². The predicted molar refractivity (Wildman–Crippen MR) is 264 cm³/mol. The summed E-state index contributed by atoms with van der Waals surface area (Å²) in [6.07, 6.45) is 6.36. The molecule has 0 spiro atoms. The third-order valence-corrected chi connectivity index (χ3v) is 14.1. The average Bonchev–Trinajstić information content (AvgIpc) is 3.38. The number of carbonyl (C=O) groups excluding carboxylic acids is 2. The molecule has 0 amide bonds. The number of likely N-dealkylation sites (N-methyl/N-ethyl adjacent to an activating group) is 2. The molecule has 70 heavy (non-hydrogen) atoms. The third-order valence-electron chi connectivity index (χ3n) is 14.1. The van der Waals surface area contributed by atoms with Crippen molar-refractivity contribution in [3.8, 4) is 57.5 Å². The van der Waals surface area contributed by atoms with Crippen molar-refractivity contribution in [1.29, 1.82) is 0 Å². The van der Waals surface area contributed by atoms with Crippen LogP contribution in [0.2, 0.25) is 0 Å². The molecule has 0 aliphatic carbocycles. The number of benzene rings is 4. The molecule has 6 rings (SSSR count). The highest BCUT2D eigenvalue weighted by Gasteiger charge is 2.43. The van der Waals surface area contributed by atoms with E-state index in [9.17, 15) is 9.59 Å². The Kier molecular flexibility index (Phi) is 18.0. The number of ether oxygens (including phenoxy) is 12. The highest BCUT2D eigenvalue weighted by Crippen LogP contribution is 2.51. The van der Waals surface area contributed by atoms with E-state index in [2.05, 4.69) is 32.3 Å². The Morgan fingerprint density at radius 2 is 0.929 bits per heavy atom. The van der Waals surface area contributed by atoms with Gasteiger partial charge in [0.05, 0.1) is 130 Å². The standard InChI is InChI=1S/C54H72N2O14/c1-55(23-19-37-32-44(61-5)45(62-6)34-39(37)40(55)27-35-15-16-42(59-3)43(29-35)60-4)21-13-25-69-49(57)17-18-50(58)70-26-14-22-56(2)24-20-38-33-48(65-9)53(67-11)54(68-12)51(38)41(56)28-36-30-46(63-7)52(66-10)47(31-36)64-8/h15-18,29-34,40-41H,13-14,19-28H2,1-12H3/q+2/b18-17-. The van der Waals surface area contributed by atoms with Crippen LogP contribution in [0.25, 0.3) is 0 Å². The van der Waals surface area contributed by atoms with Gasteiger partial charge in [0.25, 0.3) is 0 Å². The first kappa shape index (κ1) is 52.8. The van der Waals surface area contributed by atoms with Gasteiger partial charge in [-0.2, -0.15) is 0 Å². The second kappa shape index (κ2) is 23.9. The molecule has 4 aromatic rings. The lowest BCUT2D eigenvalue weighted by Gasteiger charge is -2.46. The highest BCUT2D eigenvalue weighted by molar-refractivity contribution is 5.91. The minimum atomic E-state index is -0.619. The minimum absolute atomic E-state index is 0.0605. The zero-order valence-electron chi connectivity index (χ0n) is 43.0. The van der Waals surface area contributed by atoms with E-state index in [1.165, 1.54) is 11.1 Å². The summed E-state index contributed by atoms with van der Waals surface area (Å²) in [7, 11) is 20.7. The van der Waals surface area contributed by atoms with Gasteiger partial charge in [0.15, 0.2) is 46.0 Å². The maximum absolute atomic E-state index is 12.9. The van der Waals surface area contributed by atoms with Crippen molar-refractivity contribution in [3.05, 3.63) is 94.1 Å². The molecule has 0 saturated heterocycles. The molecule has 380 valence electrons. The van der Waals surface area contributed by atoms with E-state index in [0.717, 1.165) is 73.3 Å². The Morgan fingerprint density at radius 3 is 1.46 bits per heavy atom. The van der Waals surface area contributed by atoms with Crippen molar-refractivity contribution in [1.82, 2.24) is 0 Å². The summed E-state index contributed by atoms with van der Waals surface area (Å²) in [6, 6.07) is 16.1. The SMILES string of the molecule is COc1ccc(CC2c3cc(OC)c(OC)cc3CC[N+]2(C)CCCOC(=O)/C=C\C(=O)OCCC[N+]2(C)CCc3cc(OC)c(OC)c(OC)c3C2Cc2cc(OC)c(OC)c(OC)c2)cc1OC. The Morgan fingerprint density at radius 1 is 0.486 bits per heavy atom. The summed E-state index contributed by atoms with van der Waals surface area (Å²) in [5.41, 5.74) is 6.61. The second-order valence-corrected chi connectivity index (χ2v) is 18.0. The largest absolute Gasteiger partial charge is 0.493 e. The van der Waals surface area contributed by atoms with Crippen LogP contribution in [-0.2, 0) is 44.7 Å². The van der Waals surface area contributed by atoms with E-state index >= 15 is 0 Å². The van der Waals surface area contributed by atoms with Crippen molar-refractivity contribution < 1.29 is 75.4 Å². The van der Waals surface area contributed by atoms with Crippen molar-refractivity contribution in [3.63, 3.8) is 0 Å². The predicted octanol–water partition coefficient (Wildman–Crippen LogP) is 7.47. The van der Waals surface area contributed by atoms with Crippen LogP contribution in [0, 0.1) is 0 Å². The zero-order chi connectivity index (χ0) is 50.6. The van der Waals surface area contributed by atoms with Crippen molar-refractivity contribution in [2.24, 2.45) is 0 Å². The minimum Gasteiger partial charge on any atom is -0.493 e. The Bertz CT molecular complexity index is 2470. The Balaban J connectivity index is 1.08. The van der Waals surface area contributed by atoms with E-state index in [0.29, 0.717) is 92.3 Å². The number of methoxy groups -OCH3 is 10. The second-order valence-electron chi connectivity index (χ2n) is 18.0. The molecule has 4 atom stereocenters. The molecular formula is C54H72N2O14+2. The Labute approximate surface area is 412 Å². The van der Waals surface area contributed by atoms with Gasteiger partial charge in [0.2, 0.25) is 11.5 Å². The van der Waals surface area contributed by atoms with Gasteiger partial charge in [-0.1, -0.05) is 6.07 Å². The fourth-order valence-electron chi connectivity index (χ4n) is 10.3. The summed E-state index contributed by atoms with van der Waals surface area (Å²) in [4.78, 5) is 25.8. The van der Waals surface area contributed by atoms with Crippen LogP contribution in [0.5, 0.6) is 57.5 Å². The van der Waals surface area contributed by atoms with E-state index in [1.54, 1.807) is 71.1 Å². The summed E-state index contributed by atoms with van der Waals surface area (Å²) in [5.74, 6) is 4.87. The Hall–Kier alpha value is -6.52. The fourth-order valence-corrected chi connectivity index (χ4v) is 10.3. The molecular weight excluding hydrogens is 901 g/mol. The van der Waals surface area contributed by atoms with Gasteiger partial charge in [-0.15, -0.1) is 0 Å². The van der Waals surface area contributed by atoms with Crippen molar-refractivity contribution in [2.45, 2.75) is 50.6 Å². The molecule has 0 bridgehead atoms. The monoisotopic (exact) mass is 972 g/mol. The molecule has 0 saturated carbocycles. The number of quaternary nitrogens is 2. The van der Waals surface area contributed by atoms with Crippen LogP contribution in [0.4, 0.5) is 0 Å². The molecule has 2 heterocycles. The summed E-state index contributed by atoms with van der Waals surface area (Å²) < 4.78 is 69.8. The van der Waals surface area contributed by atoms with Crippen LogP contribution >= 0.6 is 0 Å². The van der Waals surface area contributed by atoms with Crippen LogP contribution in [-0.4, -0.2) is 145 Å². The molecule has 2 aliphatic rings. The van der Waals surface area contributed by atoms with E-state index in [4.69, 9.17) is 56.8 Å². The third kappa shape index (κ3) is 11.6. The van der Waals surface area contributed by atoms with Crippen LogP contribution in [0.15, 0.2) is 60.7 Å². The van der Waals surface area contributed by atoms with Gasteiger partial charge in [0, 0.05) is 56.2 Å². The van der Waals surface area contributed by atoms with Gasteiger partial charge in [-0.3, -0.25) is 0 Å². The zero-order valence-corrected chi connectivity index (χ0v) is 43.0.